The number of nitrogens with zero attached hydrogens (tertiary/aromatic N) is 1. The lowest BCUT2D eigenvalue weighted by molar-refractivity contribution is -0.140. The predicted molar refractivity (Wildman–Crippen MR) is 139 cm³/mol. The summed E-state index contributed by atoms with van der Waals surface area (Å²) in [6.07, 6.45) is 3.12. The van der Waals surface area contributed by atoms with Gasteiger partial charge < -0.3 is 19.5 Å². The molecule has 1 aliphatic rings. The van der Waals surface area contributed by atoms with Crippen LogP contribution in [0.3, 0.4) is 0 Å². The summed E-state index contributed by atoms with van der Waals surface area (Å²) in [6, 6.07) is 22.9. The molecule has 0 spiro atoms. The van der Waals surface area contributed by atoms with Gasteiger partial charge in [-0.05, 0) is 29.7 Å². The number of hydrogen-bond donors (Lipinski definition) is 1. The van der Waals surface area contributed by atoms with Crippen molar-refractivity contribution in [2.24, 2.45) is 0 Å². The van der Waals surface area contributed by atoms with Gasteiger partial charge in [-0.2, -0.15) is 0 Å². The fourth-order valence-corrected chi connectivity index (χ4v) is 4.43. The molecule has 36 heavy (non-hydrogen) atoms. The topological polar surface area (TPSA) is 76.1 Å². The number of aliphatic hydroxyl groups is 1. The molecule has 1 unspecified atom stereocenters. The third-order valence-corrected chi connectivity index (χ3v) is 6.29. The van der Waals surface area contributed by atoms with Gasteiger partial charge in [0.1, 0.15) is 5.76 Å². The van der Waals surface area contributed by atoms with Crippen molar-refractivity contribution in [1.29, 1.82) is 0 Å². The van der Waals surface area contributed by atoms with Crippen LogP contribution in [0, 0.1) is 0 Å². The molecule has 1 heterocycles. The molecule has 6 nitrogen and oxygen atoms in total. The molecule has 0 bridgehead atoms. The van der Waals surface area contributed by atoms with E-state index in [1.165, 1.54) is 4.90 Å². The van der Waals surface area contributed by atoms with Crippen molar-refractivity contribution in [3.05, 3.63) is 101 Å². The van der Waals surface area contributed by atoms with Crippen LogP contribution in [-0.4, -0.2) is 35.4 Å². The molecule has 6 heteroatoms. The Morgan fingerprint density at radius 2 is 1.61 bits per heavy atom. The Morgan fingerprint density at radius 1 is 0.917 bits per heavy atom. The molecular formula is C30H31NO5. The number of aliphatic hydroxyl groups excluding tert-OH is 1. The van der Waals surface area contributed by atoms with Crippen molar-refractivity contribution in [3.63, 3.8) is 0 Å². The van der Waals surface area contributed by atoms with Crippen molar-refractivity contribution in [2.75, 3.05) is 13.7 Å². The van der Waals surface area contributed by atoms with E-state index in [1.54, 1.807) is 43.5 Å². The zero-order chi connectivity index (χ0) is 25.5. The van der Waals surface area contributed by atoms with Crippen LogP contribution in [-0.2, 0) is 16.1 Å². The first kappa shape index (κ1) is 25.0. The van der Waals surface area contributed by atoms with Crippen LogP contribution >= 0.6 is 0 Å². The lowest BCUT2D eigenvalue weighted by atomic mass is 9.95. The summed E-state index contributed by atoms with van der Waals surface area (Å²) >= 11 is 0. The lowest BCUT2D eigenvalue weighted by Crippen LogP contribution is -2.29. The number of benzene rings is 3. The van der Waals surface area contributed by atoms with E-state index < -0.39 is 17.7 Å². The molecular weight excluding hydrogens is 454 g/mol. The van der Waals surface area contributed by atoms with E-state index >= 15 is 0 Å². The van der Waals surface area contributed by atoms with Crippen LogP contribution in [0.15, 0.2) is 84.4 Å². The summed E-state index contributed by atoms with van der Waals surface area (Å²) in [5.74, 6) is -0.459. The maximum atomic E-state index is 13.3. The van der Waals surface area contributed by atoms with E-state index in [4.69, 9.17) is 9.47 Å². The number of hydrogen-bond acceptors (Lipinski definition) is 5. The molecule has 1 saturated heterocycles. The van der Waals surface area contributed by atoms with Crippen LogP contribution < -0.4 is 9.47 Å². The molecule has 1 atom stereocenters. The Balaban J connectivity index is 1.78. The molecule has 1 N–H and O–H groups in total. The second kappa shape index (κ2) is 11.6. The van der Waals surface area contributed by atoms with Crippen molar-refractivity contribution in [2.45, 2.75) is 38.8 Å². The number of likely N-dealkylation sites (tertiary alicyclic amines) is 1. The van der Waals surface area contributed by atoms with E-state index in [2.05, 4.69) is 6.92 Å². The smallest absolute Gasteiger partial charge is 0.295 e. The number of ketones is 1. The Kier molecular flexibility index (Phi) is 8.06. The molecule has 1 aliphatic heterocycles. The summed E-state index contributed by atoms with van der Waals surface area (Å²) in [5, 5.41) is 11.2. The Bertz CT molecular complexity index is 1240. The Morgan fingerprint density at radius 3 is 2.28 bits per heavy atom. The van der Waals surface area contributed by atoms with Gasteiger partial charge in [-0.25, -0.2) is 0 Å². The van der Waals surface area contributed by atoms with Gasteiger partial charge in [0.2, 0.25) is 0 Å². The van der Waals surface area contributed by atoms with Crippen LogP contribution in [0.4, 0.5) is 0 Å². The number of amides is 1. The Hall–Kier alpha value is -4.06. The molecule has 3 aromatic carbocycles. The molecule has 1 fully saturated rings. The highest BCUT2D eigenvalue weighted by molar-refractivity contribution is 6.46. The summed E-state index contributed by atoms with van der Waals surface area (Å²) in [7, 11) is 1.56. The normalized spacial score (nSPS) is 16.8. The molecule has 186 valence electrons. The van der Waals surface area contributed by atoms with Gasteiger partial charge in [-0.1, -0.05) is 86.5 Å². The highest BCUT2D eigenvalue weighted by Crippen LogP contribution is 2.42. The van der Waals surface area contributed by atoms with E-state index in [1.807, 2.05) is 42.5 Å². The molecule has 0 radical (unpaired) electrons. The van der Waals surface area contributed by atoms with Gasteiger partial charge in [-0.15, -0.1) is 0 Å². The molecule has 0 aromatic heterocycles. The number of methoxy groups -OCH3 is 1. The first-order valence-corrected chi connectivity index (χ1v) is 12.2. The van der Waals surface area contributed by atoms with E-state index in [0.29, 0.717) is 29.2 Å². The first-order chi connectivity index (χ1) is 17.5. The number of ether oxygens (including phenoxy) is 2. The molecule has 3 aromatic rings. The third-order valence-electron chi connectivity index (χ3n) is 6.29. The van der Waals surface area contributed by atoms with Crippen molar-refractivity contribution < 1.29 is 24.2 Å². The SMILES string of the molecule is CCCCCOc1ccc(C2/C(=C(\O)c3ccccc3)C(=O)C(=O)N2Cc2ccccc2)cc1OC. The monoisotopic (exact) mass is 485 g/mol. The number of unbranched alkanes of at least 4 members (excludes halogenated alkanes) is 2. The number of carbonyl (C=O) groups is 2. The van der Waals surface area contributed by atoms with Gasteiger partial charge in [0.05, 0.1) is 25.3 Å². The van der Waals surface area contributed by atoms with E-state index in [0.717, 1.165) is 24.8 Å². The van der Waals surface area contributed by atoms with Crippen molar-refractivity contribution in [3.8, 4) is 11.5 Å². The average molecular weight is 486 g/mol. The molecule has 1 amide bonds. The maximum Gasteiger partial charge on any atom is 0.295 e. The summed E-state index contributed by atoms with van der Waals surface area (Å²) in [4.78, 5) is 28.0. The number of carbonyl (C=O) groups excluding carboxylic acids is 2. The minimum atomic E-state index is -0.784. The average Bonchev–Trinajstić information content (AvgIpc) is 3.16. The third kappa shape index (κ3) is 5.28. The van der Waals surface area contributed by atoms with Crippen LogP contribution in [0.5, 0.6) is 11.5 Å². The minimum Gasteiger partial charge on any atom is -0.507 e. The molecule has 0 aliphatic carbocycles. The standard InChI is InChI=1S/C30H31NO5/c1-3-4-11-18-36-24-17-16-23(19-25(24)35-2)27-26(28(32)22-14-9-6-10-15-22)29(33)30(34)31(27)20-21-12-7-5-8-13-21/h5-10,12-17,19,27,32H,3-4,11,18,20H2,1-2H3/b28-26+. The van der Waals surface area contributed by atoms with Gasteiger partial charge in [-0.3, -0.25) is 9.59 Å². The van der Waals surface area contributed by atoms with Gasteiger partial charge >= 0.3 is 0 Å². The Labute approximate surface area is 211 Å². The lowest BCUT2D eigenvalue weighted by Gasteiger charge is -2.26. The van der Waals surface area contributed by atoms with Crippen molar-refractivity contribution in [1.82, 2.24) is 4.90 Å². The van der Waals surface area contributed by atoms with E-state index in [-0.39, 0.29) is 17.9 Å². The van der Waals surface area contributed by atoms with E-state index in [9.17, 15) is 14.7 Å². The fourth-order valence-electron chi connectivity index (χ4n) is 4.43. The number of rotatable bonds is 10. The van der Waals surface area contributed by atoms with Crippen molar-refractivity contribution >= 4 is 17.4 Å². The largest absolute Gasteiger partial charge is 0.507 e. The molecule has 4 rings (SSSR count). The minimum absolute atomic E-state index is 0.0563. The van der Waals surface area contributed by atoms with Gasteiger partial charge in [0.25, 0.3) is 11.7 Å². The molecule has 0 saturated carbocycles. The second-order valence-corrected chi connectivity index (χ2v) is 8.74. The van der Waals surface area contributed by atoms with Crippen LogP contribution in [0.2, 0.25) is 0 Å². The zero-order valence-corrected chi connectivity index (χ0v) is 20.6. The van der Waals surface area contributed by atoms with Gasteiger partial charge in [0, 0.05) is 12.1 Å². The van der Waals surface area contributed by atoms with Crippen LogP contribution in [0.1, 0.15) is 48.9 Å². The van der Waals surface area contributed by atoms with Crippen LogP contribution in [0.25, 0.3) is 5.76 Å². The quantitative estimate of drug-likeness (QED) is 0.168. The summed E-state index contributed by atoms with van der Waals surface area (Å²) < 4.78 is 11.5. The zero-order valence-electron chi connectivity index (χ0n) is 20.6. The maximum absolute atomic E-state index is 13.3. The summed E-state index contributed by atoms with van der Waals surface area (Å²) in [6.45, 7) is 2.93. The predicted octanol–water partition coefficient (Wildman–Crippen LogP) is 5.89. The first-order valence-electron chi connectivity index (χ1n) is 12.2. The summed E-state index contributed by atoms with van der Waals surface area (Å²) in [5.41, 5.74) is 2.07. The fraction of sp³-hybridized carbons (Fsp3) is 0.267. The second-order valence-electron chi connectivity index (χ2n) is 8.74. The highest BCUT2D eigenvalue weighted by Gasteiger charge is 2.46. The number of Topliss-reactive ketones (excluding diaryl/α,β-unsaturated/α-hetero) is 1. The highest BCUT2D eigenvalue weighted by atomic mass is 16.5. The van der Waals surface area contributed by atoms with Gasteiger partial charge in [0.15, 0.2) is 11.5 Å².